The Morgan fingerprint density at radius 3 is 2.60 bits per heavy atom. The summed E-state index contributed by atoms with van der Waals surface area (Å²) in [4.78, 5) is 29.2. The zero-order chi connectivity index (χ0) is 18.0. The van der Waals surface area contributed by atoms with Gasteiger partial charge in [0.1, 0.15) is 5.75 Å². The second kappa shape index (κ2) is 7.25. The normalized spacial score (nSPS) is 10.8. The van der Waals surface area contributed by atoms with Crippen molar-refractivity contribution in [2.75, 3.05) is 6.61 Å². The van der Waals surface area contributed by atoms with Crippen LogP contribution in [0.15, 0.2) is 47.5 Å². The molecule has 0 unspecified atom stereocenters. The molecule has 0 spiro atoms. The maximum Gasteiger partial charge on any atom is 0.261 e. The van der Waals surface area contributed by atoms with Crippen molar-refractivity contribution >= 4 is 39.9 Å². The van der Waals surface area contributed by atoms with E-state index in [-0.39, 0.29) is 23.3 Å². The van der Waals surface area contributed by atoms with Crippen molar-refractivity contribution < 1.29 is 9.53 Å². The van der Waals surface area contributed by atoms with Crippen LogP contribution < -0.4 is 10.3 Å². The second-order valence-corrected chi connectivity index (χ2v) is 6.19. The van der Waals surface area contributed by atoms with Gasteiger partial charge < -0.3 is 4.74 Å². The van der Waals surface area contributed by atoms with Gasteiger partial charge in [-0.3, -0.25) is 14.2 Å². The maximum absolute atomic E-state index is 12.6. The Bertz CT molecular complexity index is 998. The van der Waals surface area contributed by atoms with Crippen LogP contribution in [0.5, 0.6) is 5.75 Å². The third-order valence-electron chi connectivity index (χ3n) is 3.65. The molecule has 0 bridgehead atoms. The fourth-order valence-corrected chi connectivity index (χ4v) is 3.00. The minimum absolute atomic E-state index is 0.125. The average Bonchev–Trinajstić information content (AvgIpc) is 2.58. The van der Waals surface area contributed by atoms with E-state index in [1.807, 2.05) is 6.92 Å². The number of nitrogens with zero attached hydrogens (tertiary/aromatic N) is 2. The number of fused-ring (bicyclic) bond motifs is 1. The van der Waals surface area contributed by atoms with E-state index in [1.54, 1.807) is 24.3 Å². The molecular formula is C18H14Cl2N2O3. The first kappa shape index (κ1) is 17.5. The first-order valence-electron chi connectivity index (χ1n) is 7.60. The predicted octanol–water partition coefficient (Wildman–Crippen LogP) is 3.98. The number of carbonyl (C=O) groups is 1. The monoisotopic (exact) mass is 376 g/mol. The zero-order valence-corrected chi connectivity index (χ0v) is 14.8. The van der Waals surface area contributed by atoms with E-state index in [0.29, 0.717) is 33.5 Å². The number of rotatable bonds is 5. The molecule has 1 aromatic heterocycles. The highest BCUT2D eigenvalue weighted by Gasteiger charge is 2.12. The van der Waals surface area contributed by atoms with Gasteiger partial charge in [0.25, 0.3) is 5.56 Å². The van der Waals surface area contributed by atoms with Crippen LogP contribution in [-0.2, 0) is 6.54 Å². The molecular weight excluding hydrogens is 363 g/mol. The summed E-state index contributed by atoms with van der Waals surface area (Å²) >= 11 is 12.0. The van der Waals surface area contributed by atoms with E-state index in [4.69, 9.17) is 27.9 Å². The predicted molar refractivity (Wildman–Crippen MR) is 98.0 cm³/mol. The molecule has 3 rings (SSSR count). The molecule has 128 valence electrons. The molecule has 3 aromatic rings. The van der Waals surface area contributed by atoms with Gasteiger partial charge in [-0.2, -0.15) is 0 Å². The number of hydrogen-bond donors (Lipinski definition) is 0. The minimum atomic E-state index is -0.367. The minimum Gasteiger partial charge on any atom is -0.494 e. The molecule has 1 heterocycles. The van der Waals surface area contributed by atoms with Gasteiger partial charge in [0.15, 0.2) is 5.78 Å². The number of hydrogen-bond acceptors (Lipinski definition) is 4. The average molecular weight is 377 g/mol. The molecule has 0 radical (unpaired) electrons. The molecule has 25 heavy (non-hydrogen) atoms. The summed E-state index contributed by atoms with van der Waals surface area (Å²) in [6.07, 6.45) is 1.32. The Kier molecular flexibility index (Phi) is 5.06. The molecule has 0 atom stereocenters. The van der Waals surface area contributed by atoms with Crippen molar-refractivity contribution in [2.24, 2.45) is 0 Å². The van der Waals surface area contributed by atoms with Crippen LogP contribution in [-0.4, -0.2) is 21.9 Å². The largest absolute Gasteiger partial charge is 0.494 e. The molecule has 0 N–H and O–H groups in total. The van der Waals surface area contributed by atoms with Gasteiger partial charge in [-0.1, -0.05) is 23.2 Å². The van der Waals surface area contributed by atoms with Crippen molar-refractivity contribution in [1.29, 1.82) is 0 Å². The zero-order valence-electron chi connectivity index (χ0n) is 13.3. The van der Waals surface area contributed by atoms with Crippen LogP contribution in [0.25, 0.3) is 10.9 Å². The number of ether oxygens (including phenoxy) is 1. The van der Waals surface area contributed by atoms with E-state index in [2.05, 4.69) is 4.98 Å². The maximum atomic E-state index is 12.6. The highest BCUT2D eigenvalue weighted by molar-refractivity contribution is 6.38. The molecule has 2 aromatic carbocycles. The van der Waals surface area contributed by atoms with Crippen molar-refractivity contribution in [3.8, 4) is 5.75 Å². The number of aromatic nitrogens is 2. The fourth-order valence-electron chi connectivity index (χ4n) is 2.46. The summed E-state index contributed by atoms with van der Waals surface area (Å²) in [6.45, 7) is 2.31. The first-order chi connectivity index (χ1) is 12.0. The van der Waals surface area contributed by atoms with Crippen molar-refractivity contribution in [3.05, 3.63) is 68.7 Å². The van der Waals surface area contributed by atoms with Gasteiger partial charge in [0.05, 0.1) is 35.4 Å². The lowest BCUT2D eigenvalue weighted by Gasteiger charge is -2.08. The summed E-state index contributed by atoms with van der Waals surface area (Å²) in [7, 11) is 0. The Balaban J connectivity index is 1.91. The number of benzene rings is 2. The van der Waals surface area contributed by atoms with Gasteiger partial charge in [-0.05, 0) is 43.3 Å². The summed E-state index contributed by atoms with van der Waals surface area (Å²) in [5.41, 5.74) is 0.481. The molecule has 7 heteroatoms. The Morgan fingerprint density at radius 1 is 1.20 bits per heavy atom. The van der Waals surface area contributed by atoms with E-state index >= 15 is 0 Å². The third-order valence-corrected chi connectivity index (χ3v) is 4.15. The molecule has 0 saturated carbocycles. The smallest absolute Gasteiger partial charge is 0.261 e. The number of halogens is 2. The molecule has 0 aliphatic heterocycles. The summed E-state index contributed by atoms with van der Waals surface area (Å²) in [5.74, 6) is 0.479. The van der Waals surface area contributed by atoms with E-state index in [9.17, 15) is 9.59 Å². The number of ketones is 1. The molecule has 0 amide bonds. The van der Waals surface area contributed by atoms with Crippen molar-refractivity contribution in [3.63, 3.8) is 0 Å². The first-order valence-corrected chi connectivity index (χ1v) is 8.35. The standard InChI is InChI=1S/C18H14Cl2N2O3/c1-2-25-13-5-3-11(4-6-13)16(23)9-22-10-21-17-14(18(22)24)7-12(19)8-15(17)20/h3-8,10H,2,9H2,1H3. The Hall–Kier alpha value is -2.37. The summed E-state index contributed by atoms with van der Waals surface area (Å²) in [6, 6.07) is 9.79. The Morgan fingerprint density at radius 2 is 1.92 bits per heavy atom. The van der Waals surface area contributed by atoms with Gasteiger partial charge in [0.2, 0.25) is 0 Å². The number of Topliss-reactive ketones (excluding diaryl/α,β-unsaturated/α-hetero) is 1. The Labute approximate surface area is 153 Å². The molecule has 0 aliphatic rings. The van der Waals surface area contributed by atoms with E-state index in [0.717, 1.165) is 0 Å². The van der Waals surface area contributed by atoms with Crippen LogP contribution in [0.2, 0.25) is 10.0 Å². The SMILES string of the molecule is CCOc1ccc(C(=O)Cn2cnc3c(Cl)cc(Cl)cc3c2=O)cc1. The lowest BCUT2D eigenvalue weighted by Crippen LogP contribution is -2.24. The lowest BCUT2D eigenvalue weighted by atomic mass is 10.1. The molecule has 5 nitrogen and oxygen atoms in total. The highest BCUT2D eigenvalue weighted by Crippen LogP contribution is 2.24. The van der Waals surface area contributed by atoms with Crippen LogP contribution in [0.3, 0.4) is 0 Å². The summed E-state index contributed by atoms with van der Waals surface area (Å²) in [5, 5.41) is 0.913. The van der Waals surface area contributed by atoms with Gasteiger partial charge >= 0.3 is 0 Å². The fraction of sp³-hybridized carbons (Fsp3) is 0.167. The van der Waals surface area contributed by atoms with Crippen LogP contribution in [0.1, 0.15) is 17.3 Å². The van der Waals surface area contributed by atoms with Gasteiger partial charge in [-0.25, -0.2) is 4.98 Å². The van der Waals surface area contributed by atoms with Gasteiger partial charge in [0, 0.05) is 10.6 Å². The van der Waals surface area contributed by atoms with Crippen LogP contribution in [0.4, 0.5) is 0 Å². The van der Waals surface area contributed by atoms with E-state index < -0.39 is 0 Å². The number of carbonyl (C=O) groups excluding carboxylic acids is 1. The van der Waals surface area contributed by atoms with Gasteiger partial charge in [-0.15, -0.1) is 0 Å². The van der Waals surface area contributed by atoms with E-state index in [1.165, 1.54) is 23.0 Å². The molecule has 0 fully saturated rings. The highest BCUT2D eigenvalue weighted by atomic mass is 35.5. The second-order valence-electron chi connectivity index (χ2n) is 5.34. The van der Waals surface area contributed by atoms with Crippen molar-refractivity contribution in [1.82, 2.24) is 9.55 Å². The lowest BCUT2D eigenvalue weighted by molar-refractivity contribution is 0.0970. The molecule has 0 aliphatic carbocycles. The van der Waals surface area contributed by atoms with Crippen LogP contribution in [0, 0.1) is 0 Å². The topological polar surface area (TPSA) is 61.2 Å². The third kappa shape index (κ3) is 3.67. The van der Waals surface area contributed by atoms with Crippen LogP contribution >= 0.6 is 23.2 Å². The quantitative estimate of drug-likeness (QED) is 0.631. The van der Waals surface area contributed by atoms with Crippen molar-refractivity contribution in [2.45, 2.75) is 13.5 Å². The summed E-state index contributed by atoms with van der Waals surface area (Å²) < 4.78 is 6.59. The molecule has 0 saturated heterocycles.